The first-order valence-electron chi connectivity index (χ1n) is 6.67. The highest BCUT2D eigenvalue weighted by atomic mass is 79.9. The first-order chi connectivity index (χ1) is 9.41. The highest BCUT2D eigenvalue weighted by Gasteiger charge is 2.47. The van der Waals surface area contributed by atoms with Crippen molar-refractivity contribution in [3.63, 3.8) is 0 Å². The summed E-state index contributed by atoms with van der Waals surface area (Å²) in [6.07, 6.45) is -1.27. The lowest BCUT2D eigenvalue weighted by Crippen LogP contribution is -2.49. The molecule has 0 radical (unpaired) electrons. The van der Waals surface area contributed by atoms with E-state index in [1.165, 1.54) is 0 Å². The zero-order valence-electron chi connectivity index (χ0n) is 10.9. The van der Waals surface area contributed by atoms with Crippen molar-refractivity contribution in [1.29, 1.82) is 0 Å². The SMILES string of the molecule is NNC(Cc1cc(Br)cs1)C1CCCCC1C(F)(F)F. The number of halogens is 4. The largest absolute Gasteiger partial charge is 0.392 e. The molecule has 7 heteroatoms. The van der Waals surface area contributed by atoms with E-state index in [1.807, 2.05) is 11.4 Å². The molecule has 0 bridgehead atoms. The molecule has 1 aromatic heterocycles. The third-order valence-corrected chi connectivity index (χ3v) is 5.73. The van der Waals surface area contributed by atoms with E-state index in [9.17, 15) is 13.2 Å². The standard InChI is InChI=1S/C13H18BrF3N2S/c14-8-5-9(20-7-8)6-12(19-18)10-3-1-2-4-11(10)13(15,16)17/h5,7,10-12,19H,1-4,6,18H2. The van der Waals surface area contributed by atoms with Crippen LogP contribution in [0.15, 0.2) is 15.9 Å². The van der Waals surface area contributed by atoms with Crippen LogP contribution in [0.25, 0.3) is 0 Å². The maximum Gasteiger partial charge on any atom is 0.392 e. The lowest BCUT2D eigenvalue weighted by atomic mass is 9.74. The average Bonchev–Trinajstić information content (AvgIpc) is 2.80. The van der Waals surface area contributed by atoms with Crippen LogP contribution in [0.3, 0.4) is 0 Å². The Morgan fingerprint density at radius 1 is 1.40 bits per heavy atom. The van der Waals surface area contributed by atoms with E-state index >= 15 is 0 Å². The number of hydrazine groups is 1. The molecule has 1 heterocycles. The molecule has 20 heavy (non-hydrogen) atoms. The summed E-state index contributed by atoms with van der Waals surface area (Å²) < 4.78 is 40.4. The van der Waals surface area contributed by atoms with Crippen molar-refractivity contribution in [3.05, 3.63) is 20.8 Å². The fourth-order valence-electron chi connectivity index (χ4n) is 3.06. The molecule has 0 amide bonds. The predicted molar refractivity (Wildman–Crippen MR) is 78.3 cm³/mol. The van der Waals surface area contributed by atoms with Gasteiger partial charge in [0.25, 0.3) is 0 Å². The van der Waals surface area contributed by atoms with Gasteiger partial charge in [-0.1, -0.05) is 12.8 Å². The molecule has 1 saturated carbocycles. The second-order valence-electron chi connectivity index (χ2n) is 5.30. The van der Waals surface area contributed by atoms with E-state index in [4.69, 9.17) is 5.84 Å². The number of alkyl halides is 3. The minimum atomic E-state index is -4.13. The van der Waals surface area contributed by atoms with Crippen LogP contribution in [0.2, 0.25) is 0 Å². The monoisotopic (exact) mass is 370 g/mol. The zero-order valence-corrected chi connectivity index (χ0v) is 13.3. The summed E-state index contributed by atoms with van der Waals surface area (Å²) >= 11 is 4.90. The minimum absolute atomic E-state index is 0.223. The second-order valence-corrected chi connectivity index (χ2v) is 7.22. The van der Waals surface area contributed by atoms with Gasteiger partial charge in [0.2, 0.25) is 0 Å². The Morgan fingerprint density at radius 2 is 2.10 bits per heavy atom. The van der Waals surface area contributed by atoms with Crippen molar-refractivity contribution in [2.45, 2.75) is 44.3 Å². The lowest BCUT2D eigenvalue weighted by Gasteiger charge is -2.37. The van der Waals surface area contributed by atoms with Crippen LogP contribution in [0, 0.1) is 11.8 Å². The first kappa shape index (κ1) is 16.3. The molecule has 0 aromatic carbocycles. The molecule has 114 valence electrons. The quantitative estimate of drug-likeness (QED) is 0.613. The molecule has 0 aliphatic heterocycles. The Morgan fingerprint density at radius 3 is 2.65 bits per heavy atom. The molecule has 1 aliphatic carbocycles. The van der Waals surface area contributed by atoms with E-state index in [0.29, 0.717) is 19.3 Å². The van der Waals surface area contributed by atoms with Crippen molar-refractivity contribution in [3.8, 4) is 0 Å². The van der Waals surface area contributed by atoms with Crippen LogP contribution >= 0.6 is 27.3 Å². The van der Waals surface area contributed by atoms with Crippen molar-refractivity contribution >= 4 is 27.3 Å². The van der Waals surface area contributed by atoms with E-state index < -0.39 is 18.0 Å². The van der Waals surface area contributed by atoms with Gasteiger partial charge in [-0.25, -0.2) is 0 Å². The number of thiophene rings is 1. The van der Waals surface area contributed by atoms with Gasteiger partial charge in [-0.15, -0.1) is 11.3 Å². The molecule has 3 unspecified atom stereocenters. The summed E-state index contributed by atoms with van der Waals surface area (Å²) in [5.41, 5.74) is 2.62. The fraction of sp³-hybridized carbons (Fsp3) is 0.692. The van der Waals surface area contributed by atoms with Crippen LogP contribution in [0.4, 0.5) is 13.2 Å². The molecule has 0 spiro atoms. The van der Waals surface area contributed by atoms with Gasteiger partial charge < -0.3 is 0 Å². The van der Waals surface area contributed by atoms with Gasteiger partial charge in [0.15, 0.2) is 0 Å². The summed E-state index contributed by atoms with van der Waals surface area (Å²) in [7, 11) is 0. The van der Waals surface area contributed by atoms with Gasteiger partial charge in [0, 0.05) is 20.8 Å². The molecular weight excluding hydrogens is 353 g/mol. The highest BCUT2D eigenvalue weighted by molar-refractivity contribution is 9.10. The Bertz CT molecular complexity index is 435. The molecule has 3 atom stereocenters. The number of hydrogen-bond donors (Lipinski definition) is 2. The Kier molecular flexibility index (Phi) is 5.50. The van der Waals surface area contributed by atoms with Crippen LogP contribution < -0.4 is 11.3 Å². The molecule has 0 saturated heterocycles. The molecule has 1 fully saturated rings. The number of nitrogens with two attached hydrogens (primary N) is 1. The van der Waals surface area contributed by atoms with Crippen LogP contribution in [0.1, 0.15) is 30.6 Å². The van der Waals surface area contributed by atoms with Gasteiger partial charge in [0.1, 0.15) is 0 Å². The van der Waals surface area contributed by atoms with E-state index in [1.54, 1.807) is 11.3 Å². The van der Waals surface area contributed by atoms with Gasteiger partial charge in [-0.3, -0.25) is 11.3 Å². The smallest absolute Gasteiger partial charge is 0.271 e. The summed E-state index contributed by atoms with van der Waals surface area (Å²) in [6.45, 7) is 0. The Balaban J connectivity index is 2.11. The zero-order chi connectivity index (χ0) is 14.8. The van der Waals surface area contributed by atoms with Crippen molar-refractivity contribution in [1.82, 2.24) is 5.43 Å². The maximum absolute atomic E-state index is 13.2. The molecule has 1 aliphatic rings. The van der Waals surface area contributed by atoms with E-state index in [0.717, 1.165) is 15.8 Å². The molecule has 2 nitrogen and oxygen atoms in total. The van der Waals surface area contributed by atoms with Gasteiger partial charge in [-0.2, -0.15) is 13.2 Å². The van der Waals surface area contributed by atoms with Crippen molar-refractivity contribution in [2.24, 2.45) is 17.7 Å². The summed E-state index contributed by atoms with van der Waals surface area (Å²) in [5, 5.41) is 1.94. The van der Waals surface area contributed by atoms with Gasteiger partial charge in [0.05, 0.1) is 5.92 Å². The van der Waals surface area contributed by atoms with Crippen LogP contribution in [-0.4, -0.2) is 12.2 Å². The number of hydrogen-bond acceptors (Lipinski definition) is 3. The summed E-state index contributed by atoms with van der Waals surface area (Å²) in [5.74, 6) is 3.87. The molecule has 3 N–H and O–H groups in total. The topological polar surface area (TPSA) is 38.0 Å². The second kappa shape index (κ2) is 6.77. The maximum atomic E-state index is 13.2. The lowest BCUT2D eigenvalue weighted by molar-refractivity contribution is -0.199. The predicted octanol–water partition coefficient (Wildman–Crippen LogP) is 4.25. The molecule has 1 aromatic rings. The summed E-state index contributed by atoms with van der Waals surface area (Å²) in [6, 6.07) is 1.62. The van der Waals surface area contributed by atoms with E-state index in [-0.39, 0.29) is 12.5 Å². The number of rotatable bonds is 4. The Labute approximate surface area is 129 Å². The van der Waals surface area contributed by atoms with Crippen molar-refractivity contribution < 1.29 is 13.2 Å². The fourth-order valence-corrected chi connectivity index (χ4v) is 4.57. The van der Waals surface area contributed by atoms with Crippen LogP contribution in [0.5, 0.6) is 0 Å². The third-order valence-electron chi connectivity index (χ3n) is 4.01. The highest BCUT2D eigenvalue weighted by Crippen LogP contribution is 2.43. The molecular formula is C13H18BrF3N2S. The average molecular weight is 371 g/mol. The van der Waals surface area contributed by atoms with Crippen LogP contribution in [-0.2, 0) is 6.42 Å². The molecule has 2 rings (SSSR count). The Hall–Kier alpha value is -0.110. The van der Waals surface area contributed by atoms with E-state index in [2.05, 4.69) is 21.4 Å². The summed E-state index contributed by atoms with van der Waals surface area (Å²) in [4.78, 5) is 1.05. The van der Waals surface area contributed by atoms with Gasteiger partial charge >= 0.3 is 6.18 Å². The normalized spacial score (nSPS) is 25.6. The number of nitrogens with one attached hydrogen (secondary N) is 1. The third kappa shape index (κ3) is 3.96. The van der Waals surface area contributed by atoms with Crippen molar-refractivity contribution in [2.75, 3.05) is 0 Å². The first-order valence-corrected chi connectivity index (χ1v) is 8.35. The van der Waals surface area contributed by atoms with Gasteiger partial charge in [-0.05, 0) is 47.2 Å². The minimum Gasteiger partial charge on any atom is -0.271 e.